The molecule has 0 radical (unpaired) electrons. The third-order valence-electron chi connectivity index (χ3n) is 2.32. The maximum atomic E-state index is 12.1. The molecule has 1 aromatic heterocycles. The van der Waals surface area contributed by atoms with Crippen LogP contribution in [-0.4, -0.2) is 17.1 Å². The number of hydrogen-bond acceptors (Lipinski definition) is 3. The smallest absolute Gasteiger partial charge is 0.406 e. The van der Waals surface area contributed by atoms with Gasteiger partial charge in [-0.15, -0.1) is 13.2 Å². The van der Waals surface area contributed by atoms with Gasteiger partial charge in [0, 0.05) is 17.3 Å². The normalized spacial score (nSPS) is 11.2. The minimum Gasteiger partial charge on any atom is -0.406 e. The largest absolute Gasteiger partial charge is 0.573 e. The molecule has 0 unspecified atom stereocenters. The minimum atomic E-state index is -4.80. The number of rotatable bonds is 3. The molecule has 0 N–H and O–H groups in total. The Balaban J connectivity index is 2.26. The Morgan fingerprint density at radius 3 is 2.50 bits per heavy atom. The predicted molar refractivity (Wildman–Crippen MR) is 65.8 cm³/mol. The molecule has 0 aliphatic heterocycles. The van der Waals surface area contributed by atoms with Crippen LogP contribution in [0.1, 0.15) is 15.9 Å². The summed E-state index contributed by atoms with van der Waals surface area (Å²) in [5.41, 5.74) is 0.287. The molecule has 104 valence electrons. The number of carbonyl (C=O) groups excluding carboxylic acids is 1. The molecule has 1 aromatic carbocycles. The second-order valence-corrected chi connectivity index (χ2v) is 4.16. The molecular formula is C13H7ClF3NO2. The zero-order chi connectivity index (χ0) is 14.8. The highest BCUT2D eigenvalue weighted by Gasteiger charge is 2.31. The molecule has 0 aliphatic rings. The van der Waals surface area contributed by atoms with Crippen LogP contribution in [0.4, 0.5) is 13.2 Å². The van der Waals surface area contributed by atoms with Crippen molar-refractivity contribution >= 4 is 17.4 Å². The maximum Gasteiger partial charge on any atom is 0.573 e. The molecule has 20 heavy (non-hydrogen) atoms. The average Bonchev–Trinajstić information content (AvgIpc) is 2.37. The highest BCUT2D eigenvalue weighted by molar-refractivity contribution is 6.29. The summed E-state index contributed by atoms with van der Waals surface area (Å²) in [6, 6.07) is 7.69. The monoisotopic (exact) mass is 301 g/mol. The lowest BCUT2D eigenvalue weighted by Crippen LogP contribution is -2.17. The molecular weight excluding hydrogens is 295 g/mol. The van der Waals surface area contributed by atoms with Gasteiger partial charge in [-0.3, -0.25) is 4.79 Å². The Bertz CT molecular complexity index is 626. The van der Waals surface area contributed by atoms with Gasteiger partial charge in [-0.05, 0) is 24.3 Å². The molecule has 1 heterocycles. The number of hydrogen-bond donors (Lipinski definition) is 0. The van der Waals surface area contributed by atoms with Gasteiger partial charge in [-0.25, -0.2) is 4.98 Å². The number of pyridine rings is 1. The summed E-state index contributed by atoms with van der Waals surface area (Å²) < 4.78 is 40.1. The number of benzene rings is 1. The van der Waals surface area contributed by atoms with Crippen molar-refractivity contribution in [2.24, 2.45) is 0 Å². The van der Waals surface area contributed by atoms with E-state index in [1.807, 2.05) is 0 Å². The van der Waals surface area contributed by atoms with Gasteiger partial charge in [0.05, 0.1) is 0 Å². The molecule has 0 saturated carbocycles. The second kappa shape index (κ2) is 5.50. The van der Waals surface area contributed by atoms with Gasteiger partial charge in [-0.2, -0.15) is 0 Å². The van der Waals surface area contributed by atoms with Crippen molar-refractivity contribution in [3.05, 3.63) is 58.9 Å². The predicted octanol–water partition coefficient (Wildman–Crippen LogP) is 3.86. The van der Waals surface area contributed by atoms with Crippen LogP contribution in [-0.2, 0) is 0 Å². The van der Waals surface area contributed by atoms with Gasteiger partial charge in [0.25, 0.3) is 0 Å². The van der Waals surface area contributed by atoms with Crippen LogP contribution in [0.2, 0.25) is 5.15 Å². The van der Waals surface area contributed by atoms with Crippen LogP contribution < -0.4 is 4.74 Å². The lowest BCUT2D eigenvalue weighted by atomic mass is 10.1. The fourth-order valence-corrected chi connectivity index (χ4v) is 1.62. The fourth-order valence-electron chi connectivity index (χ4n) is 1.51. The summed E-state index contributed by atoms with van der Waals surface area (Å²) in [5, 5.41) is 0.218. The lowest BCUT2D eigenvalue weighted by molar-refractivity contribution is -0.274. The number of aromatic nitrogens is 1. The molecule has 0 spiro atoms. The van der Waals surface area contributed by atoms with E-state index in [2.05, 4.69) is 9.72 Å². The Labute approximate surface area is 117 Å². The SMILES string of the molecule is O=C(c1ccc(Cl)nc1)c1cccc(OC(F)(F)F)c1. The molecule has 0 atom stereocenters. The van der Waals surface area contributed by atoms with Crippen molar-refractivity contribution in [1.29, 1.82) is 0 Å². The maximum absolute atomic E-state index is 12.1. The Morgan fingerprint density at radius 2 is 1.90 bits per heavy atom. The first kappa shape index (κ1) is 14.3. The molecule has 3 nitrogen and oxygen atoms in total. The van der Waals surface area contributed by atoms with E-state index >= 15 is 0 Å². The molecule has 0 fully saturated rings. The van der Waals surface area contributed by atoms with Crippen LogP contribution in [0.15, 0.2) is 42.6 Å². The number of carbonyl (C=O) groups is 1. The molecule has 0 saturated heterocycles. The van der Waals surface area contributed by atoms with Crippen molar-refractivity contribution in [3.63, 3.8) is 0 Å². The van der Waals surface area contributed by atoms with E-state index in [9.17, 15) is 18.0 Å². The lowest BCUT2D eigenvalue weighted by Gasteiger charge is -2.09. The minimum absolute atomic E-state index is 0.0656. The van der Waals surface area contributed by atoms with E-state index in [1.165, 1.54) is 30.5 Å². The van der Waals surface area contributed by atoms with E-state index in [0.717, 1.165) is 12.1 Å². The zero-order valence-corrected chi connectivity index (χ0v) is 10.6. The standard InChI is InChI=1S/C13H7ClF3NO2/c14-11-5-4-9(7-18-11)12(19)8-2-1-3-10(6-8)20-13(15,16)17/h1-7H. The van der Waals surface area contributed by atoms with Crippen LogP contribution >= 0.6 is 11.6 Å². The van der Waals surface area contributed by atoms with Gasteiger partial charge < -0.3 is 4.74 Å². The average molecular weight is 302 g/mol. The van der Waals surface area contributed by atoms with Crippen molar-refractivity contribution in [3.8, 4) is 5.75 Å². The van der Waals surface area contributed by atoms with E-state index in [-0.39, 0.29) is 16.3 Å². The molecule has 0 aliphatic carbocycles. The molecule has 0 bridgehead atoms. The van der Waals surface area contributed by atoms with Crippen molar-refractivity contribution in [2.45, 2.75) is 6.36 Å². The van der Waals surface area contributed by atoms with Crippen LogP contribution in [0.5, 0.6) is 5.75 Å². The highest BCUT2D eigenvalue weighted by Crippen LogP contribution is 2.24. The van der Waals surface area contributed by atoms with Crippen LogP contribution in [0.25, 0.3) is 0 Å². The highest BCUT2D eigenvalue weighted by atomic mass is 35.5. The Kier molecular flexibility index (Phi) is 3.94. The van der Waals surface area contributed by atoms with Gasteiger partial charge in [-0.1, -0.05) is 23.7 Å². The molecule has 0 amide bonds. The van der Waals surface area contributed by atoms with Crippen molar-refractivity contribution in [2.75, 3.05) is 0 Å². The number of ether oxygens (including phenoxy) is 1. The molecule has 2 rings (SSSR count). The summed E-state index contributed by atoms with van der Waals surface area (Å²) in [6.45, 7) is 0. The third-order valence-corrected chi connectivity index (χ3v) is 2.54. The van der Waals surface area contributed by atoms with Crippen LogP contribution in [0, 0.1) is 0 Å². The second-order valence-electron chi connectivity index (χ2n) is 3.77. The molecule has 7 heteroatoms. The van der Waals surface area contributed by atoms with Gasteiger partial charge in [0.2, 0.25) is 0 Å². The topological polar surface area (TPSA) is 39.2 Å². The van der Waals surface area contributed by atoms with Crippen molar-refractivity contribution < 1.29 is 22.7 Å². The Morgan fingerprint density at radius 1 is 1.15 bits per heavy atom. The first-order valence-corrected chi connectivity index (χ1v) is 5.75. The van der Waals surface area contributed by atoms with Crippen molar-refractivity contribution in [1.82, 2.24) is 4.98 Å². The van der Waals surface area contributed by atoms with E-state index in [0.29, 0.717) is 0 Å². The first-order chi connectivity index (χ1) is 9.35. The third kappa shape index (κ3) is 3.71. The summed E-state index contributed by atoms with van der Waals surface area (Å²) in [5.74, 6) is -0.924. The summed E-state index contributed by atoms with van der Waals surface area (Å²) in [7, 11) is 0. The van der Waals surface area contributed by atoms with E-state index in [4.69, 9.17) is 11.6 Å². The fraction of sp³-hybridized carbons (Fsp3) is 0.0769. The number of halogens is 4. The summed E-state index contributed by atoms with van der Waals surface area (Å²) >= 11 is 5.59. The zero-order valence-electron chi connectivity index (χ0n) is 9.82. The molecule has 2 aromatic rings. The Hall–Kier alpha value is -2.08. The summed E-state index contributed by atoms with van der Waals surface area (Å²) in [6.07, 6.45) is -3.55. The van der Waals surface area contributed by atoms with Gasteiger partial charge in [0.15, 0.2) is 5.78 Å². The van der Waals surface area contributed by atoms with E-state index < -0.39 is 17.9 Å². The van der Waals surface area contributed by atoms with Gasteiger partial charge in [0.1, 0.15) is 10.9 Å². The number of nitrogens with zero attached hydrogens (tertiary/aromatic N) is 1. The quantitative estimate of drug-likeness (QED) is 0.638. The number of alkyl halides is 3. The number of ketones is 1. The van der Waals surface area contributed by atoms with Gasteiger partial charge >= 0.3 is 6.36 Å². The first-order valence-electron chi connectivity index (χ1n) is 5.37. The van der Waals surface area contributed by atoms with Crippen LogP contribution in [0.3, 0.4) is 0 Å². The van der Waals surface area contributed by atoms with E-state index in [1.54, 1.807) is 0 Å². The summed E-state index contributed by atoms with van der Waals surface area (Å²) in [4.78, 5) is 15.8.